The average Bonchev–Trinajstić information content (AvgIpc) is 2.13. The third kappa shape index (κ3) is 4.32. The number of carbonyl (C=O) groups excluding carboxylic acids is 2. The molecule has 1 saturated heterocycles. The van der Waals surface area contributed by atoms with Crippen LogP contribution in [0, 0.1) is 5.92 Å². The SMILES string of the molecule is CC(=O)C1CC(F)CN(C(=O)OC(C)(C)C)C1. The zero-order valence-corrected chi connectivity index (χ0v) is 10.8. The highest BCUT2D eigenvalue weighted by Crippen LogP contribution is 2.22. The Kier molecular flexibility index (Phi) is 4.11. The zero-order valence-electron chi connectivity index (χ0n) is 10.8. The summed E-state index contributed by atoms with van der Waals surface area (Å²) in [6.07, 6.45) is -1.49. The Hall–Kier alpha value is -1.13. The first kappa shape index (κ1) is 13.9. The van der Waals surface area contributed by atoms with Gasteiger partial charge in [-0.3, -0.25) is 4.79 Å². The van der Waals surface area contributed by atoms with Gasteiger partial charge in [0.15, 0.2) is 0 Å². The van der Waals surface area contributed by atoms with Crippen molar-refractivity contribution in [3.63, 3.8) is 0 Å². The number of ether oxygens (including phenoxy) is 1. The van der Waals surface area contributed by atoms with Crippen molar-refractivity contribution in [3.8, 4) is 0 Å². The third-order valence-corrected chi connectivity index (χ3v) is 2.63. The molecule has 1 aliphatic rings. The number of ketones is 1. The van der Waals surface area contributed by atoms with Gasteiger partial charge in [-0.25, -0.2) is 9.18 Å². The fraction of sp³-hybridized carbons (Fsp3) is 0.833. The van der Waals surface area contributed by atoms with Crippen LogP contribution in [0.2, 0.25) is 0 Å². The van der Waals surface area contributed by atoms with Crippen molar-refractivity contribution in [1.82, 2.24) is 4.90 Å². The number of hydrogen-bond donors (Lipinski definition) is 0. The molecule has 2 unspecified atom stereocenters. The van der Waals surface area contributed by atoms with Crippen LogP contribution in [0.15, 0.2) is 0 Å². The van der Waals surface area contributed by atoms with Crippen LogP contribution in [0.5, 0.6) is 0 Å². The highest BCUT2D eigenvalue weighted by atomic mass is 19.1. The lowest BCUT2D eigenvalue weighted by Gasteiger charge is -2.34. The second-order valence-electron chi connectivity index (χ2n) is 5.53. The average molecular weight is 245 g/mol. The van der Waals surface area contributed by atoms with Crippen LogP contribution >= 0.6 is 0 Å². The van der Waals surface area contributed by atoms with E-state index < -0.39 is 23.8 Å². The molecule has 0 spiro atoms. The predicted molar refractivity (Wildman–Crippen MR) is 61.5 cm³/mol. The summed E-state index contributed by atoms with van der Waals surface area (Å²) in [6, 6.07) is 0. The summed E-state index contributed by atoms with van der Waals surface area (Å²) in [6.45, 7) is 6.96. The van der Waals surface area contributed by atoms with Crippen LogP contribution in [-0.2, 0) is 9.53 Å². The lowest BCUT2D eigenvalue weighted by atomic mass is 9.94. The normalized spacial score (nSPS) is 25.6. The topological polar surface area (TPSA) is 46.6 Å². The summed E-state index contributed by atoms with van der Waals surface area (Å²) in [7, 11) is 0. The first-order valence-corrected chi connectivity index (χ1v) is 5.81. The van der Waals surface area contributed by atoms with Crippen LogP contribution in [0.1, 0.15) is 34.1 Å². The van der Waals surface area contributed by atoms with Gasteiger partial charge in [-0.2, -0.15) is 0 Å². The van der Waals surface area contributed by atoms with Crippen molar-refractivity contribution >= 4 is 11.9 Å². The van der Waals surface area contributed by atoms with Gasteiger partial charge in [0.25, 0.3) is 0 Å². The van der Waals surface area contributed by atoms with Gasteiger partial charge in [0, 0.05) is 12.5 Å². The maximum Gasteiger partial charge on any atom is 0.410 e. The van der Waals surface area contributed by atoms with E-state index in [0.29, 0.717) is 0 Å². The molecular formula is C12H20FNO3. The number of alkyl halides is 1. The molecule has 5 heteroatoms. The molecule has 1 heterocycles. The molecule has 0 N–H and O–H groups in total. The van der Waals surface area contributed by atoms with E-state index in [1.54, 1.807) is 20.8 Å². The van der Waals surface area contributed by atoms with E-state index in [1.165, 1.54) is 11.8 Å². The minimum absolute atomic E-state index is 0.0126. The summed E-state index contributed by atoms with van der Waals surface area (Å²) >= 11 is 0. The Morgan fingerprint density at radius 2 is 1.88 bits per heavy atom. The molecule has 0 radical (unpaired) electrons. The molecule has 0 saturated carbocycles. The van der Waals surface area contributed by atoms with Gasteiger partial charge in [-0.15, -0.1) is 0 Å². The van der Waals surface area contributed by atoms with Gasteiger partial charge in [-0.05, 0) is 34.1 Å². The van der Waals surface area contributed by atoms with Gasteiger partial charge >= 0.3 is 6.09 Å². The molecular weight excluding hydrogens is 225 g/mol. The van der Waals surface area contributed by atoms with E-state index in [0.717, 1.165) is 0 Å². The third-order valence-electron chi connectivity index (χ3n) is 2.63. The second-order valence-corrected chi connectivity index (χ2v) is 5.53. The molecule has 1 rings (SSSR count). The van der Waals surface area contributed by atoms with Crippen LogP contribution < -0.4 is 0 Å². The largest absolute Gasteiger partial charge is 0.444 e. The van der Waals surface area contributed by atoms with E-state index >= 15 is 0 Å². The van der Waals surface area contributed by atoms with E-state index in [2.05, 4.69) is 0 Å². The van der Waals surface area contributed by atoms with Gasteiger partial charge in [0.05, 0.1) is 6.54 Å². The molecule has 0 bridgehead atoms. The van der Waals surface area contributed by atoms with Gasteiger partial charge in [0.2, 0.25) is 0 Å². The summed E-state index contributed by atoms with van der Waals surface area (Å²) in [4.78, 5) is 24.3. The van der Waals surface area contributed by atoms with E-state index in [-0.39, 0.29) is 25.3 Å². The summed E-state index contributed by atoms with van der Waals surface area (Å²) in [5, 5.41) is 0. The van der Waals surface area contributed by atoms with Crippen molar-refractivity contribution in [3.05, 3.63) is 0 Å². The number of Topliss-reactive ketones (excluding diaryl/α,β-unsaturated/α-hetero) is 1. The Labute approximate surface area is 101 Å². The predicted octanol–water partition coefficient (Wildman–Crippen LogP) is 2.17. The van der Waals surface area contributed by atoms with Gasteiger partial charge in [-0.1, -0.05) is 0 Å². The molecule has 17 heavy (non-hydrogen) atoms. The Morgan fingerprint density at radius 1 is 1.29 bits per heavy atom. The summed E-state index contributed by atoms with van der Waals surface area (Å²) < 4.78 is 18.6. The van der Waals surface area contributed by atoms with Crippen LogP contribution in [-0.4, -0.2) is 41.6 Å². The molecule has 1 fully saturated rings. The minimum Gasteiger partial charge on any atom is -0.444 e. The zero-order chi connectivity index (χ0) is 13.2. The minimum atomic E-state index is -1.15. The van der Waals surface area contributed by atoms with E-state index in [4.69, 9.17) is 4.74 Å². The molecule has 4 nitrogen and oxygen atoms in total. The Bertz CT molecular complexity index is 311. The highest BCUT2D eigenvalue weighted by Gasteiger charge is 2.34. The van der Waals surface area contributed by atoms with Gasteiger partial charge in [0.1, 0.15) is 17.6 Å². The monoisotopic (exact) mass is 245 g/mol. The molecule has 1 aliphatic heterocycles. The van der Waals surface area contributed by atoms with Crippen LogP contribution in [0.3, 0.4) is 0 Å². The molecule has 0 aromatic rings. The number of carbonyl (C=O) groups is 2. The van der Waals surface area contributed by atoms with Crippen molar-refractivity contribution < 1.29 is 18.7 Å². The molecule has 2 atom stereocenters. The molecule has 0 aromatic carbocycles. The van der Waals surface area contributed by atoms with Crippen molar-refractivity contribution in [2.24, 2.45) is 5.92 Å². The number of likely N-dealkylation sites (tertiary alicyclic amines) is 1. The molecule has 0 aliphatic carbocycles. The van der Waals surface area contributed by atoms with E-state index in [1.807, 2.05) is 0 Å². The van der Waals surface area contributed by atoms with Crippen molar-refractivity contribution in [2.45, 2.75) is 45.9 Å². The van der Waals surface area contributed by atoms with Gasteiger partial charge < -0.3 is 9.64 Å². The first-order valence-electron chi connectivity index (χ1n) is 5.81. The fourth-order valence-electron chi connectivity index (χ4n) is 1.81. The molecule has 1 amide bonds. The van der Waals surface area contributed by atoms with Crippen LogP contribution in [0.4, 0.5) is 9.18 Å². The molecule has 0 aromatic heterocycles. The lowest BCUT2D eigenvalue weighted by molar-refractivity contribution is -0.123. The summed E-state index contributed by atoms with van der Waals surface area (Å²) in [5.74, 6) is -0.493. The fourth-order valence-corrected chi connectivity index (χ4v) is 1.81. The van der Waals surface area contributed by atoms with Crippen LogP contribution in [0.25, 0.3) is 0 Å². The maximum atomic E-state index is 13.4. The number of nitrogens with zero attached hydrogens (tertiary/aromatic N) is 1. The quantitative estimate of drug-likeness (QED) is 0.711. The standard InChI is InChI=1S/C12H20FNO3/c1-8(15)9-5-10(13)7-14(6-9)11(16)17-12(2,3)4/h9-10H,5-7H2,1-4H3. The van der Waals surface area contributed by atoms with Crippen molar-refractivity contribution in [2.75, 3.05) is 13.1 Å². The maximum absolute atomic E-state index is 13.4. The first-order chi connectivity index (χ1) is 7.69. The smallest absolute Gasteiger partial charge is 0.410 e. The number of hydrogen-bond acceptors (Lipinski definition) is 3. The number of piperidine rings is 1. The highest BCUT2D eigenvalue weighted by molar-refractivity contribution is 5.79. The number of halogens is 1. The lowest BCUT2D eigenvalue weighted by Crippen LogP contribution is -2.48. The second kappa shape index (κ2) is 5.02. The Balaban J connectivity index is 2.64. The number of rotatable bonds is 1. The Morgan fingerprint density at radius 3 is 2.35 bits per heavy atom. The molecule has 98 valence electrons. The van der Waals surface area contributed by atoms with Crippen molar-refractivity contribution in [1.29, 1.82) is 0 Å². The van der Waals surface area contributed by atoms with E-state index in [9.17, 15) is 14.0 Å². The number of amides is 1. The summed E-state index contributed by atoms with van der Waals surface area (Å²) in [5.41, 5.74) is -0.605.